The van der Waals surface area contributed by atoms with E-state index in [-0.39, 0.29) is 22.8 Å². The van der Waals surface area contributed by atoms with Crippen LogP contribution in [0.5, 0.6) is 11.5 Å². The van der Waals surface area contributed by atoms with Gasteiger partial charge in [0.2, 0.25) is 11.6 Å². The van der Waals surface area contributed by atoms with E-state index in [0.29, 0.717) is 5.56 Å². The highest BCUT2D eigenvalue weighted by molar-refractivity contribution is 6.14. The van der Waals surface area contributed by atoms with Gasteiger partial charge in [-0.1, -0.05) is 12.1 Å². The summed E-state index contributed by atoms with van der Waals surface area (Å²) in [5.74, 6) is -11.5. The van der Waals surface area contributed by atoms with Crippen molar-refractivity contribution in [1.82, 2.24) is 0 Å². The Morgan fingerprint density at radius 2 is 1.52 bits per heavy atom. The first-order chi connectivity index (χ1) is 14.8. The van der Waals surface area contributed by atoms with Crippen LogP contribution in [-0.4, -0.2) is 5.78 Å². The molecule has 0 radical (unpaired) electrons. The van der Waals surface area contributed by atoms with Gasteiger partial charge in [-0.15, -0.1) is 0 Å². The van der Waals surface area contributed by atoms with E-state index in [4.69, 9.17) is 9.47 Å². The zero-order valence-electron chi connectivity index (χ0n) is 15.3. The molecule has 0 unspecified atom stereocenters. The standard InChI is InChI=1S/C22H10F6O3/c23-11-3-1-2-10(6-11)7-16-22(29)13-5-4-12(8-15(13)31-16)30-9-14-17(24)19(26)21(28)20(27)18(14)25/h1-8H,9H2. The van der Waals surface area contributed by atoms with E-state index in [1.807, 2.05) is 0 Å². The highest BCUT2D eigenvalue weighted by atomic mass is 19.2. The van der Waals surface area contributed by atoms with E-state index in [0.717, 1.165) is 0 Å². The molecule has 0 amide bonds. The van der Waals surface area contributed by atoms with Crippen molar-refractivity contribution in [2.45, 2.75) is 6.61 Å². The molecule has 1 aliphatic heterocycles. The Hall–Kier alpha value is -3.75. The number of carbonyl (C=O) groups excluding carboxylic acids is 1. The number of carbonyl (C=O) groups is 1. The summed E-state index contributed by atoms with van der Waals surface area (Å²) in [5.41, 5.74) is -0.592. The fraction of sp³-hybridized carbons (Fsp3) is 0.0455. The number of rotatable bonds is 4. The Morgan fingerprint density at radius 1 is 0.839 bits per heavy atom. The number of Topliss-reactive ketones (excluding diaryl/α,β-unsaturated/α-hetero) is 1. The summed E-state index contributed by atoms with van der Waals surface area (Å²) in [4.78, 5) is 12.4. The smallest absolute Gasteiger partial charge is 0.231 e. The van der Waals surface area contributed by atoms with Crippen molar-refractivity contribution in [1.29, 1.82) is 0 Å². The van der Waals surface area contributed by atoms with Gasteiger partial charge in [0.15, 0.2) is 29.0 Å². The molecule has 0 aromatic heterocycles. The van der Waals surface area contributed by atoms with Crippen molar-refractivity contribution >= 4 is 11.9 Å². The van der Waals surface area contributed by atoms with E-state index in [1.54, 1.807) is 6.07 Å². The molecule has 0 atom stereocenters. The lowest BCUT2D eigenvalue weighted by atomic mass is 10.1. The molecule has 0 spiro atoms. The second-order valence-corrected chi connectivity index (χ2v) is 6.49. The van der Waals surface area contributed by atoms with Gasteiger partial charge in [0.25, 0.3) is 0 Å². The molecule has 1 aliphatic rings. The van der Waals surface area contributed by atoms with Crippen molar-refractivity contribution in [3.8, 4) is 11.5 Å². The Kier molecular flexibility index (Phi) is 5.18. The molecule has 9 heteroatoms. The largest absolute Gasteiger partial charge is 0.489 e. The van der Waals surface area contributed by atoms with Crippen LogP contribution in [0.15, 0.2) is 48.2 Å². The van der Waals surface area contributed by atoms with Crippen LogP contribution in [0, 0.1) is 34.9 Å². The van der Waals surface area contributed by atoms with Crippen molar-refractivity contribution < 1.29 is 40.6 Å². The number of benzene rings is 3. The molecule has 1 heterocycles. The minimum Gasteiger partial charge on any atom is -0.489 e. The highest BCUT2D eigenvalue weighted by Crippen LogP contribution is 2.35. The van der Waals surface area contributed by atoms with Gasteiger partial charge in [0.1, 0.15) is 23.9 Å². The number of ketones is 1. The summed E-state index contributed by atoms with van der Waals surface area (Å²) in [7, 11) is 0. The fourth-order valence-corrected chi connectivity index (χ4v) is 2.94. The first-order valence-electron chi connectivity index (χ1n) is 8.73. The normalized spacial score (nSPS) is 14.0. The van der Waals surface area contributed by atoms with Crippen molar-refractivity contribution in [3.63, 3.8) is 0 Å². The minimum absolute atomic E-state index is 0.0394. The van der Waals surface area contributed by atoms with E-state index in [1.165, 1.54) is 42.5 Å². The van der Waals surface area contributed by atoms with Crippen LogP contribution < -0.4 is 9.47 Å². The van der Waals surface area contributed by atoms with E-state index >= 15 is 0 Å². The van der Waals surface area contributed by atoms with E-state index in [2.05, 4.69) is 0 Å². The van der Waals surface area contributed by atoms with E-state index in [9.17, 15) is 31.1 Å². The molecule has 0 N–H and O–H groups in total. The molecule has 0 saturated heterocycles. The van der Waals surface area contributed by atoms with Gasteiger partial charge >= 0.3 is 0 Å². The zero-order chi connectivity index (χ0) is 22.3. The lowest BCUT2D eigenvalue weighted by Gasteiger charge is -2.10. The summed E-state index contributed by atoms with van der Waals surface area (Å²) in [6.07, 6.45) is 1.33. The first kappa shape index (κ1) is 20.5. The number of hydrogen-bond donors (Lipinski definition) is 0. The van der Waals surface area contributed by atoms with Gasteiger partial charge in [-0.2, -0.15) is 0 Å². The van der Waals surface area contributed by atoms with Crippen molar-refractivity contribution in [3.05, 3.63) is 99.8 Å². The molecule has 0 fully saturated rings. The van der Waals surface area contributed by atoms with Crippen LogP contribution in [0.25, 0.3) is 6.08 Å². The summed E-state index contributed by atoms with van der Waals surface area (Å²) in [5, 5.41) is 0. The number of halogens is 6. The van der Waals surface area contributed by atoms with Gasteiger partial charge in [0.05, 0.1) is 11.1 Å². The number of ether oxygens (including phenoxy) is 2. The van der Waals surface area contributed by atoms with Gasteiger partial charge in [-0.05, 0) is 35.9 Å². The molecule has 0 saturated carbocycles. The molecule has 3 nitrogen and oxygen atoms in total. The topological polar surface area (TPSA) is 35.5 Å². The molecule has 0 bridgehead atoms. The number of hydrogen-bond acceptors (Lipinski definition) is 3. The SMILES string of the molecule is O=C1C(=Cc2cccc(F)c2)Oc2cc(OCc3c(F)c(F)c(F)c(F)c3F)ccc21. The Morgan fingerprint density at radius 3 is 2.19 bits per heavy atom. The highest BCUT2D eigenvalue weighted by Gasteiger charge is 2.29. The minimum atomic E-state index is -2.26. The van der Waals surface area contributed by atoms with Crippen LogP contribution in [-0.2, 0) is 6.61 Å². The van der Waals surface area contributed by atoms with Crippen LogP contribution in [0.1, 0.15) is 21.5 Å². The molecular weight excluding hydrogens is 426 g/mol. The van der Waals surface area contributed by atoms with Gasteiger partial charge in [0, 0.05) is 6.07 Å². The summed E-state index contributed by atoms with van der Waals surface area (Å²) in [6.45, 7) is -0.954. The Balaban J connectivity index is 1.56. The van der Waals surface area contributed by atoms with Gasteiger partial charge in [-0.25, -0.2) is 26.3 Å². The van der Waals surface area contributed by atoms with Crippen LogP contribution in [0.3, 0.4) is 0 Å². The van der Waals surface area contributed by atoms with Crippen LogP contribution in [0.4, 0.5) is 26.3 Å². The predicted octanol–water partition coefficient (Wildman–Crippen LogP) is 5.72. The first-order valence-corrected chi connectivity index (χ1v) is 8.73. The van der Waals surface area contributed by atoms with Crippen LogP contribution >= 0.6 is 0 Å². The second kappa shape index (κ2) is 7.82. The summed E-state index contributed by atoms with van der Waals surface area (Å²) in [6, 6.07) is 9.28. The molecule has 0 aliphatic carbocycles. The maximum atomic E-state index is 13.8. The lowest BCUT2D eigenvalue weighted by Crippen LogP contribution is -2.09. The average molecular weight is 436 g/mol. The number of allylic oxidation sites excluding steroid dienone is 1. The quantitative estimate of drug-likeness (QED) is 0.227. The third kappa shape index (κ3) is 3.74. The molecule has 158 valence electrons. The molecule has 3 aromatic carbocycles. The average Bonchev–Trinajstić information content (AvgIpc) is 3.05. The molecule has 3 aromatic rings. The number of fused-ring (bicyclic) bond motifs is 1. The van der Waals surface area contributed by atoms with Crippen molar-refractivity contribution in [2.24, 2.45) is 0 Å². The zero-order valence-corrected chi connectivity index (χ0v) is 15.3. The van der Waals surface area contributed by atoms with Gasteiger partial charge in [-0.3, -0.25) is 4.79 Å². The lowest BCUT2D eigenvalue weighted by molar-refractivity contribution is 0.101. The Labute approximate surface area is 171 Å². The third-order valence-electron chi connectivity index (χ3n) is 4.47. The summed E-state index contributed by atoms with van der Waals surface area (Å²) >= 11 is 0. The third-order valence-corrected chi connectivity index (χ3v) is 4.47. The molecular formula is C22H10F6O3. The van der Waals surface area contributed by atoms with Crippen LogP contribution in [0.2, 0.25) is 0 Å². The summed E-state index contributed by atoms with van der Waals surface area (Å²) < 4.78 is 91.1. The van der Waals surface area contributed by atoms with Gasteiger partial charge < -0.3 is 9.47 Å². The Bertz CT molecular complexity index is 1220. The molecule has 31 heavy (non-hydrogen) atoms. The van der Waals surface area contributed by atoms with Crippen molar-refractivity contribution in [2.75, 3.05) is 0 Å². The second-order valence-electron chi connectivity index (χ2n) is 6.49. The predicted molar refractivity (Wildman–Crippen MR) is 96.3 cm³/mol. The monoisotopic (exact) mass is 436 g/mol. The maximum absolute atomic E-state index is 13.8. The van der Waals surface area contributed by atoms with E-state index < -0.39 is 52.9 Å². The maximum Gasteiger partial charge on any atom is 0.231 e. The molecule has 4 rings (SSSR count). The fourth-order valence-electron chi connectivity index (χ4n) is 2.94.